The van der Waals surface area contributed by atoms with Crippen LogP contribution in [0.25, 0.3) is 0 Å². The number of hydrogen-bond donors (Lipinski definition) is 1. The van der Waals surface area contributed by atoms with Crippen molar-refractivity contribution in [3.63, 3.8) is 0 Å². The first-order valence-electron chi connectivity index (χ1n) is 7.39. The summed E-state index contributed by atoms with van der Waals surface area (Å²) in [5.74, 6) is 1.62. The molecule has 3 nitrogen and oxygen atoms in total. The van der Waals surface area contributed by atoms with E-state index in [4.69, 9.17) is 0 Å². The molecule has 4 heteroatoms. The fraction of sp³-hybridized carbons (Fsp3) is 0.562. The Morgan fingerprint density at radius 1 is 1.35 bits per heavy atom. The van der Waals surface area contributed by atoms with E-state index in [1.165, 1.54) is 18.9 Å². The fourth-order valence-electron chi connectivity index (χ4n) is 2.56. The Morgan fingerprint density at radius 2 is 2.05 bits per heavy atom. The summed E-state index contributed by atoms with van der Waals surface area (Å²) in [6.45, 7) is 5.12. The van der Waals surface area contributed by atoms with Gasteiger partial charge in [-0.2, -0.15) is 0 Å². The average Bonchev–Trinajstić information content (AvgIpc) is 2.47. The summed E-state index contributed by atoms with van der Waals surface area (Å²) in [6.07, 6.45) is 3.11. The van der Waals surface area contributed by atoms with E-state index in [0.29, 0.717) is 13.0 Å². The van der Waals surface area contributed by atoms with Gasteiger partial charge in [-0.3, -0.25) is 4.99 Å². The molecule has 1 heterocycles. The third-order valence-corrected chi connectivity index (χ3v) is 3.93. The van der Waals surface area contributed by atoms with E-state index in [-0.39, 0.29) is 5.82 Å². The SMILES string of the molecule is CN=C(NCCc1ccccc1F)N1CCC(C)CC1. The molecule has 1 aromatic carbocycles. The van der Waals surface area contributed by atoms with E-state index < -0.39 is 0 Å². The summed E-state index contributed by atoms with van der Waals surface area (Å²) >= 11 is 0. The van der Waals surface area contributed by atoms with Crippen molar-refractivity contribution in [3.05, 3.63) is 35.6 Å². The second-order valence-electron chi connectivity index (χ2n) is 5.48. The van der Waals surface area contributed by atoms with Crippen LogP contribution in [0.1, 0.15) is 25.3 Å². The lowest BCUT2D eigenvalue weighted by Gasteiger charge is -2.32. The second-order valence-corrected chi connectivity index (χ2v) is 5.48. The van der Waals surface area contributed by atoms with E-state index in [1.54, 1.807) is 6.07 Å². The van der Waals surface area contributed by atoms with Crippen LogP contribution >= 0.6 is 0 Å². The minimum Gasteiger partial charge on any atom is -0.356 e. The minimum absolute atomic E-state index is 0.129. The highest BCUT2D eigenvalue weighted by Gasteiger charge is 2.18. The largest absolute Gasteiger partial charge is 0.356 e. The quantitative estimate of drug-likeness (QED) is 0.679. The highest BCUT2D eigenvalue weighted by molar-refractivity contribution is 5.79. The molecule has 1 N–H and O–H groups in total. The molecule has 2 rings (SSSR count). The van der Waals surface area contributed by atoms with E-state index >= 15 is 0 Å². The van der Waals surface area contributed by atoms with Crippen molar-refractivity contribution < 1.29 is 4.39 Å². The van der Waals surface area contributed by atoms with Crippen LogP contribution in [0.2, 0.25) is 0 Å². The maximum Gasteiger partial charge on any atom is 0.193 e. The van der Waals surface area contributed by atoms with Crippen LogP contribution in [0.4, 0.5) is 4.39 Å². The zero-order valence-electron chi connectivity index (χ0n) is 12.4. The summed E-state index contributed by atoms with van der Waals surface area (Å²) in [5, 5.41) is 3.34. The number of benzene rings is 1. The third-order valence-electron chi connectivity index (χ3n) is 3.93. The van der Waals surface area contributed by atoms with Gasteiger partial charge in [-0.15, -0.1) is 0 Å². The molecule has 1 saturated heterocycles. The van der Waals surface area contributed by atoms with Crippen molar-refractivity contribution >= 4 is 5.96 Å². The molecule has 0 atom stereocenters. The van der Waals surface area contributed by atoms with Gasteiger partial charge in [0.2, 0.25) is 0 Å². The number of piperidine rings is 1. The Morgan fingerprint density at radius 3 is 2.70 bits per heavy atom. The fourth-order valence-corrected chi connectivity index (χ4v) is 2.56. The Bertz CT molecular complexity index is 451. The Balaban J connectivity index is 1.81. The molecule has 0 aliphatic carbocycles. The number of aliphatic imine (C=N–C) groups is 1. The van der Waals surface area contributed by atoms with Crippen LogP contribution in [0.3, 0.4) is 0 Å². The molecule has 1 aliphatic rings. The van der Waals surface area contributed by atoms with Crippen molar-refractivity contribution in [1.29, 1.82) is 0 Å². The van der Waals surface area contributed by atoms with Crippen molar-refractivity contribution in [2.24, 2.45) is 10.9 Å². The van der Waals surface area contributed by atoms with Crippen LogP contribution in [-0.2, 0) is 6.42 Å². The van der Waals surface area contributed by atoms with Gasteiger partial charge >= 0.3 is 0 Å². The summed E-state index contributed by atoms with van der Waals surface area (Å²) in [4.78, 5) is 6.62. The lowest BCUT2D eigenvalue weighted by atomic mass is 9.99. The number of nitrogens with zero attached hydrogens (tertiary/aromatic N) is 2. The molecule has 110 valence electrons. The molecule has 1 fully saturated rings. The molecule has 0 spiro atoms. The van der Waals surface area contributed by atoms with Gasteiger partial charge in [0.25, 0.3) is 0 Å². The molecule has 0 bridgehead atoms. The topological polar surface area (TPSA) is 27.6 Å². The lowest BCUT2D eigenvalue weighted by molar-refractivity contribution is 0.273. The highest BCUT2D eigenvalue weighted by Crippen LogP contribution is 2.15. The minimum atomic E-state index is -0.129. The molecule has 1 aliphatic heterocycles. The summed E-state index contributed by atoms with van der Waals surface area (Å²) < 4.78 is 13.5. The Hall–Kier alpha value is -1.58. The normalized spacial score (nSPS) is 17.4. The first-order chi connectivity index (χ1) is 9.70. The predicted octanol–water partition coefficient (Wildman–Crippen LogP) is 2.68. The molecule has 0 amide bonds. The van der Waals surface area contributed by atoms with Crippen molar-refractivity contribution in [2.45, 2.75) is 26.2 Å². The first kappa shape index (κ1) is 14.8. The van der Waals surface area contributed by atoms with E-state index in [2.05, 4.69) is 22.1 Å². The third kappa shape index (κ3) is 3.95. The molecule has 0 saturated carbocycles. The number of rotatable bonds is 3. The number of hydrogen-bond acceptors (Lipinski definition) is 1. The maximum absolute atomic E-state index is 13.5. The van der Waals surface area contributed by atoms with Gasteiger partial charge in [0.1, 0.15) is 5.82 Å². The zero-order valence-corrected chi connectivity index (χ0v) is 12.4. The molecule has 20 heavy (non-hydrogen) atoms. The van der Waals surface area contributed by atoms with Gasteiger partial charge in [0.05, 0.1) is 0 Å². The van der Waals surface area contributed by atoms with Gasteiger partial charge in [-0.1, -0.05) is 25.1 Å². The van der Waals surface area contributed by atoms with Crippen LogP contribution < -0.4 is 5.32 Å². The van der Waals surface area contributed by atoms with Gasteiger partial charge in [-0.05, 0) is 36.8 Å². The van der Waals surface area contributed by atoms with Crippen molar-refractivity contribution in [1.82, 2.24) is 10.2 Å². The lowest BCUT2D eigenvalue weighted by Crippen LogP contribution is -2.45. The summed E-state index contributed by atoms with van der Waals surface area (Å²) in [6, 6.07) is 6.94. The average molecular weight is 277 g/mol. The smallest absolute Gasteiger partial charge is 0.193 e. The Labute approximate surface area is 120 Å². The zero-order chi connectivity index (χ0) is 14.4. The van der Waals surface area contributed by atoms with Gasteiger partial charge < -0.3 is 10.2 Å². The standard InChI is InChI=1S/C16H24FN3/c1-13-8-11-20(12-9-13)16(18-2)19-10-7-14-5-3-4-6-15(14)17/h3-6,13H,7-12H2,1-2H3,(H,18,19). The molecule has 0 radical (unpaired) electrons. The van der Waals surface area contributed by atoms with Crippen molar-refractivity contribution in [2.75, 3.05) is 26.7 Å². The number of guanidine groups is 1. The van der Waals surface area contributed by atoms with E-state index in [9.17, 15) is 4.39 Å². The Kier molecular flexibility index (Phi) is 5.39. The monoisotopic (exact) mass is 277 g/mol. The van der Waals surface area contributed by atoms with Crippen LogP contribution in [-0.4, -0.2) is 37.5 Å². The van der Waals surface area contributed by atoms with Crippen LogP contribution in [0.15, 0.2) is 29.3 Å². The maximum atomic E-state index is 13.5. The van der Waals surface area contributed by atoms with Gasteiger partial charge in [-0.25, -0.2) is 4.39 Å². The molecular formula is C16H24FN3. The van der Waals surface area contributed by atoms with Crippen molar-refractivity contribution in [3.8, 4) is 0 Å². The predicted molar refractivity (Wildman–Crippen MR) is 81.4 cm³/mol. The second kappa shape index (κ2) is 7.27. The molecular weight excluding hydrogens is 253 g/mol. The van der Waals surface area contributed by atoms with Gasteiger partial charge in [0, 0.05) is 26.7 Å². The highest BCUT2D eigenvalue weighted by atomic mass is 19.1. The molecule has 1 aromatic rings. The van der Waals surface area contributed by atoms with Crippen LogP contribution in [0, 0.1) is 11.7 Å². The van der Waals surface area contributed by atoms with Crippen LogP contribution in [0.5, 0.6) is 0 Å². The first-order valence-corrected chi connectivity index (χ1v) is 7.39. The number of likely N-dealkylation sites (tertiary alicyclic amines) is 1. The molecule has 0 unspecified atom stereocenters. The number of nitrogens with one attached hydrogen (secondary N) is 1. The molecule has 0 aromatic heterocycles. The summed E-state index contributed by atoms with van der Waals surface area (Å²) in [5.41, 5.74) is 0.753. The van der Waals surface area contributed by atoms with E-state index in [0.717, 1.165) is 30.5 Å². The van der Waals surface area contributed by atoms with Gasteiger partial charge in [0.15, 0.2) is 5.96 Å². The van der Waals surface area contributed by atoms with E-state index in [1.807, 2.05) is 19.2 Å². The number of halogens is 1. The summed E-state index contributed by atoms with van der Waals surface area (Å²) in [7, 11) is 1.81.